The number of carbonyl (C=O) groups excluding carboxylic acids is 3. The predicted octanol–water partition coefficient (Wildman–Crippen LogP) is 5.39. The molecule has 0 unspecified atom stereocenters. The Morgan fingerprint density at radius 2 is 1.70 bits per heavy atom. The smallest absolute Gasteiger partial charge is 0.258 e. The number of aliphatic hydroxyl groups excluding tert-OH is 1. The molecule has 1 heterocycles. The molecule has 5 rings (SSSR count). The normalized spacial score (nSPS) is 19.3. The molecule has 3 amide bonds. The van der Waals surface area contributed by atoms with Gasteiger partial charge in [0.25, 0.3) is 11.8 Å². The summed E-state index contributed by atoms with van der Waals surface area (Å²) in [7, 11) is 2.00. The number of hydrogen-bond donors (Lipinski definition) is 4. The number of nitrogens with two attached hydrogens (primary N) is 1. The first-order chi connectivity index (χ1) is 22.6. The van der Waals surface area contributed by atoms with Gasteiger partial charge in [-0.1, -0.05) is 56.5 Å². The number of aliphatic hydroxyl groups is 1. The van der Waals surface area contributed by atoms with Crippen LogP contribution in [0.5, 0.6) is 5.75 Å². The number of nitrogen functional groups attached to an aromatic ring is 1. The fourth-order valence-corrected chi connectivity index (χ4v) is 6.41. The molecule has 2 aliphatic rings. The van der Waals surface area contributed by atoms with Gasteiger partial charge in [0.1, 0.15) is 6.10 Å². The minimum Gasteiger partial charge on any atom is -0.486 e. The minimum absolute atomic E-state index is 0.0390. The van der Waals surface area contributed by atoms with E-state index in [0.29, 0.717) is 53.6 Å². The molecule has 5 N–H and O–H groups in total. The van der Waals surface area contributed by atoms with Crippen LogP contribution < -0.4 is 21.1 Å². The van der Waals surface area contributed by atoms with Crippen LogP contribution in [-0.2, 0) is 11.3 Å². The highest BCUT2D eigenvalue weighted by atomic mass is 16.5. The Hall–Kier alpha value is -4.41. The fourth-order valence-electron chi connectivity index (χ4n) is 6.41. The molecule has 0 aromatic heterocycles. The van der Waals surface area contributed by atoms with Gasteiger partial charge in [0.05, 0.1) is 35.3 Å². The number of fused-ring (bicyclic) bond motifs is 1. The number of para-hydroxylation sites is 3. The van der Waals surface area contributed by atoms with Crippen molar-refractivity contribution in [3.63, 3.8) is 0 Å². The lowest BCUT2D eigenvalue weighted by Gasteiger charge is -2.38. The molecule has 1 fully saturated rings. The lowest BCUT2D eigenvalue weighted by atomic mass is 9.88. The summed E-state index contributed by atoms with van der Waals surface area (Å²) in [5.74, 6) is -0.264. The van der Waals surface area contributed by atoms with Crippen LogP contribution in [0.15, 0.2) is 66.7 Å². The number of likely N-dealkylation sites (N-methyl/N-ethyl adjacent to an activating group) is 1. The second-order valence-corrected chi connectivity index (χ2v) is 13.1. The summed E-state index contributed by atoms with van der Waals surface area (Å²) in [6.45, 7) is 5.27. The first-order valence-electron chi connectivity index (χ1n) is 16.6. The molecule has 10 heteroatoms. The quantitative estimate of drug-likeness (QED) is 0.218. The molecular weight excluding hydrogens is 594 g/mol. The molecular formula is C37H47N5O5. The highest BCUT2D eigenvalue weighted by Gasteiger charge is 2.35. The number of amides is 3. The van der Waals surface area contributed by atoms with Crippen LogP contribution in [0.3, 0.4) is 0 Å². The van der Waals surface area contributed by atoms with E-state index in [0.717, 1.165) is 37.7 Å². The molecule has 0 radical (unpaired) electrons. The molecule has 1 saturated carbocycles. The van der Waals surface area contributed by atoms with Crippen LogP contribution in [0.25, 0.3) is 0 Å². The number of nitrogens with zero attached hydrogens (tertiary/aromatic N) is 2. The van der Waals surface area contributed by atoms with Gasteiger partial charge in [-0.25, -0.2) is 0 Å². The zero-order chi connectivity index (χ0) is 33.5. The monoisotopic (exact) mass is 641 g/mol. The maximum atomic E-state index is 13.8. The number of ether oxygens (including phenoxy) is 1. The predicted molar refractivity (Wildman–Crippen MR) is 184 cm³/mol. The van der Waals surface area contributed by atoms with E-state index in [4.69, 9.17) is 10.5 Å². The molecule has 250 valence electrons. The van der Waals surface area contributed by atoms with Gasteiger partial charge in [0, 0.05) is 37.0 Å². The van der Waals surface area contributed by atoms with Crippen molar-refractivity contribution < 1.29 is 24.2 Å². The zero-order valence-corrected chi connectivity index (χ0v) is 27.6. The van der Waals surface area contributed by atoms with Gasteiger partial charge in [0.2, 0.25) is 5.91 Å². The average Bonchev–Trinajstić information content (AvgIpc) is 3.08. The topological polar surface area (TPSA) is 137 Å². The van der Waals surface area contributed by atoms with Crippen molar-refractivity contribution >= 4 is 34.8 Å². The summed E-state index contributed by atoms with van der Waals surface area (Å²) < 4.78 is 6.70. The van der Waals surface area contributed by atoms with Gasteiger partial charge >= 0.3 is 0 Å². The molecule has 1 aliphatic heterocycles. The summed E-state index contributed by atoms with van der Waals surface area (Å²) in [5.41, 5.74) is 9.47. The first-order valence-corrected chi connectivity index (χ1v) is 16.6. The van der Waals surface area contributed by atoms with E-state index in [9.17, 15) is 19.5 Å². The van der Waals surface area contributed by atoms with Crippen LogP contribution in [0, 0.1) is 11.8 Å². The Bertz CT molecular complexity index is 1550. The van der Waals surface area contributed by atoms with Gasteiger partial charge < -0.3 is 31.1 Å². The highest BCUT2D eigenvalue weighted by molar-refractivity contribution is 6.05. The van der Waals surface area contributed by atoms with Crippen molar-refractivity contribution in [2.45, 2.75) is 64.6 Å². The Kier molecular flexibility index (Phi) is 11.2. The molecule has 0 bridgehead atoms. The lowest BCUT2D eigenvalue weighted by Crippen LogP contribution is -2.49. The standard InChI is InChI=1S/C37H47N5O5/c1-24-20-42(25(2)23-43)37(46)29-12-9-15-32(40-35(44)27-10-5-4-6-11-27)34(29)47-33(24)22-41(3)21-26-16-18-28(19-17-26)36(45)39-31-14-8-7-13-30(31)38/h7-9,12-19,24-25,27,33,43H,4-6,10-11,20-23,38H2,1-3H3,(H,39,45)(H,40,44)/t24-,25-,33+/m0/s1. The summed E-state index contributed by atoms with van der Waals surface area (Å²) in [5, 5.41) is 16.0. The minimum atomic E-state index is -0.385. The largest absolute Gasteiger partial charge is 0.486 e. The van der Waals surface area contributed by atoms with E-state index in [-0.39, 0.29) is 48.3 Å². The van der Waals surface area contributed by atoms with E-state index in [1.165, 1.54) is 0 Å². The van der Waals surface area contributed by atoms with Gasteiger partial charge in [-0.3, -0.25) is 19.3 Å². The van der Waals surface area contributed by atoms with E-state index in [1.54, 1.807) is 47.4 Å². The molecule has 3 atom stereocenters. The molecule has 1 aliphatic carbocycles. The average molecular weight is 642 g/mol. The number of nitrogens with one attached hydrogen (secondary N) is 2. The third-order valence-electron chi connectivity index (χ3n) is 9.29. The van der Waals surface area contributed by atoms with Crippen LogP contribution in [0.1, 0.15) is 72.2 Å². The maximum absolute atomic E-state index is 13.8. The number of hydrogen-bond acceptors (Lipinski definition) is 7. The Morgan fingerprint density at radius 1 is 1.00 bits per heavy atom. The van der Waals surface area contributed by atoms with Gasteiger partial charge in [-0.2, -0.15) is 0 Å². The molecule has 0 saturated heterocycles. The highest BCUT2D eigenvalue weighted by Crippen LogP contribution is 2.36. The first kappa shape index (κ1) is 33.9. The van der Waals surface area contributed by atoms with Crippen molar-refractivity contribution in [1.29, 1.82) is 0 Å². The zero-order valence-electron chi connectivity index (χ0n) is 27.6. The van der Waals surface area contributed by atoms with Crippen molar-refractivity contribution in [1.82, 2.24) is 9.80 Å². The Morgan fingerprint density at radius 3 is 2.40 bits per heavy atom. The molecule has 47 heavy (non-hydrogen) atoms. The molecule has 3 aromatic rings. The second kappa shape index (κ2) is 15.5. The molecule has 10 nitrogen and oxygen atoms in total. The molecule has 3 aromatic carbocycles. The second-order valence-electron chi connectivity index (χ2n) is 13.1. The maximum Gasteiger partial charge on any atom is 0.258 e. The van der Waals surface area contributed by atoms with Crippen LogP contribution >= 0.6 is 0 Å². The number of rotatable bonds is 10. The van der Waals surface area contributed by atoms with Gasteiger partial charge in [-0.05, 0) is 68.8 Å². The summed E-state index contributed by atoms with van der Waals surface area (Å²) in [4.78, 5) is 43.7. The van der Waals surface area contributed by atoms with E-state index in [1.807, 2.05) is 45.2 Å². The van der Waals surface area contributed by atoms with Crippen molar-refractivity contribution in [3.8, 4) is 5.75 Å². The van der Waals surface area contributed by atoms with Gasteiger partial charge in [-0.15, -0.1) is 0 Å². The summed E-state index contributed by atoms with van der Waals surface area (Å²) >= 11 is 0. The van der Waals surface area contributed by atoms with E-state index in [2.05, 4.69) is 15.5 Å². The van der Waals surface area contributed by atoms with Crippen molar-refractivity contribution in [2.75, 3.05) is 43.1 Å². The summed E-state index contributed by atoms with van der Waals surface area (Å²) in [6, 6.07) is 19.5. The fraction of sp³-hybridized carbons (Fsp3) is 0.432. The van der Waals surface area contributed by atoms with Crippen LogP contribution in [0.2, 0.25) is 0 Å². The summed E-state index contributed by atoms with van der Waals surface area (Å²) in [6.07, 6.45) is 4.63. The van der Waals surface area contributed by atoms with E-state index >= 15 is 0 Å². The molecule has 0 spiro atoms. The lowest BCUT2D eigenvalue weighted by molar-refractivity contribution is -0.120. The SMILES string of the molecule is C[C@H]1CN([C@@H](C)CO)C(=O)c2cccc(NC(=O)C3CCCCC3)c2O[C@@H]1CN(C)Cc1ccc(C(=O)Nc2ccccc2N)cc1. The van der Waals surface area contributed by atoms with Crippen LogP contribution in [-0.4, -0.2) is 71.5 Å². The van der Waals surface area contributed by atoms with Crippen LogP contribution in [0.4, 0.5) is 17.1 Å². The van der Waals surface area contributed by atoms with Gasteiger partial charge in [0.15, 0.2) is 5.75 Å². The third kappa shape index (κ3) is 8.31. The number of anilines is 3. The van der Waals surface area contributed by atoms with Crippen molar-refractivity contribution in [3.05, 3.63) is 83.4 Å². The number of benzene rings is 3. The van der Waals surface area contributed by atoms with Crippen molar-refractivity contribution in [2.24, 2.45) is 11.8 Å². The number of carbonyl (C=O) groups is 3. The third-order valence-corrected chi connectivity index (χ3v) is 9.29. The van der Waals surface area contributed by atoms with E-state index < -0.39 is 0 Å². The Balaban J connectivity index is 1.32. The Labute approximate surface area is 277 Å².